The molecule has 3 N–H and O–H groups in total. The number of nitrogens with one attached hydrogen (secondary N) is 3. The van der Waals surface area contributed by atoms with Crippen LogP contribution in [0.15, 0.2) is 42.5 Å². The van der Waals surface area contributed by atoms with Gasteiger partial charge in [-0.3, -0.25) is 10.1 Å². The number of fused-ring (bicyclic) bond motifs is 3. The van der Waals surface area contributed by atoms with Crippen molar-refractivity contribution in [3.8, 4) is 0 Å². The molecule has 25 heavy (non-hydrogen) atoms. The SMILES string of the molecule is O=C(NCc1cccc(Cl)c1)C1Cc2c([nH]c3ccc(Cl)cc23)CN1. The highest BCUT2D eigenvalue weighted by Crippen LogP contribution is 2.28. The van der Waals surface area contributed by atoms with Gasteiger partial charge in [-0.15, -0.1) is 0 Å². The minimum atomic E-state index is -0.260. The highest BCUT2D eigenvalue weighted by molar-refractivity contribution is 6.31. The molecule has 2 heterocycles. The van der Waals surface area contributed by atoms with Crippen molar-refractivity contribution in [3.05, 3.63) is 69.3 Å². The lowest BCUT2D eigenvalue weighted by Gasteiger charge is -2.23. The van der Waals surface area contributed by atoms with Crippen molar-refractivity contribution in [3.63, 3.8) is 0 Å². The van der Waals surface area contributed by atoms with Gasteiger partial charge in [-0.25, -0.2) is 0 Å². The second-order valence-corrected chi connectivity index (χ2v) is 7.13. The minimum absolute atomic E-state index is 0.0120. The van der Waals surface area contributed by atoms with E-state index in [1.54, 1.807) is 0 Å². The van der Waals surface area contributed by atoms with Crippen molar-refractivity contribution in [2.45, 2.75) is 25.6 Å². The molecule has 6 heteroatoms. The van der Waals surface area contributed by atoms with Gasteiger partial charge in [0.25, 0.3) is 0 Å². The van der Waals surface area contributed by atoms with E-state index in [1.165, 1.54) is 5.56 Å². The first-order valence-electron chi connectivity index (χ1n) is 8.14. The molecule has 0 radical (unpaired) electrons. The number of aromatic amines is 1. The second kappa shape index (κ2) is 6.71. The van der Waals surface area contributed by atoms with Crippen molar-refractivity contribution >= 4 is 40.0 Å². The largest absolute Gasteiger partial charge is 0.357 e. The Morgan fingerprint density at radius 3 is 2.84 bits per heavy atom. The molecule has 0 fully saturated rings. The van der Waals surface area contributed by atoms with Gasteiger partial charge in [-0.2, -0.15) is 0 Å². The average molecular weight is 374 g/mol. The first-order valence-corrected chi connectivity index (χ1v) is 8.90. The second-order valence-electron chi connectivity index (χ2n) is 6.26. The molecule has 4 rings (SSSR count). The Labute approximate surface area is 155 Å². The molecular weight excluding hydrogens is 357 g/mol. The van der Waals surface area contributed by atoms with Crippen molar-refractivity contribution in [2.24, 2.45) is 0 Å². The van der Waals surface area contributed by atoms with Gasteiger partial charge in [-0.05, 0) is 47.9 Å². The molecule has 1 aliphatic heterocycles. The van der Waals surface area contributed by atoms with Crippen LogP contribution >= 0.6 is 23.2 Å². The lowest BCUT2D eigenvalue weighted by Crippen LogP contribution is -2.47. The van der Waals surface area contributed by atoms with Crippen LogP contribution in [0.5, 0.6) is 0 Å². The predicted molar refractivity (Wildman–Crippen MR) is 101 cm³/mol. The van der Waals surface area contributed by atoms with Crippen molar-refractivity contribution in [2.75, 3.05) is 0 Å². The number of rotatable bonds is 3. The number of benzene rings is 2. The molecule has 0 saturated heterocycles. The highest BCUT2D eigenvalue weighted by atomic mass is 35.5. The molecule has 4 nitrogen and oxygen atoms in total. The van der Waals surface area contributed by atoms with E-state index in [1.807, 2.05) is 42.5 Å². The summed E-state index contributed by atoms with van der Waals surface area (Å²) in [7, 11) is 0. The molecule has 0 bridgehead atoms. The van der Waals surface area contributed by atoms with Crippen LogP contribution in [0.25, 0.3) is 10.9 Å². The number of hydrogen-bond donors (Lipinski definition) is 3. The Bertz CT molecular complexity index is 951. The van der Waals surface area contributed by atoms with E-state index in [4.69, 9.17) is 23.2 Å². The summed E-state index contributed by atoms with van der Waals surface area (Å²) in [5.74, 6) is -0.0120. The van der Waals surface area contributed by atoms with Crippen LogP contribution in [0.4, 0.5) is 0 Å². The topological polar surface area (TPSA) is 56.9 Å². The van der Waals surface area contributed by atoms with E-state index < -0.39 is 0 Å². The molecule has 1 unspecified atom stereocenters. The monoisotopic (exact) mass is 373 g/mol. The van der Waals surface area contributed by atoms with Crippen LogP contribution in [0.3, 0.4) is 0 Å². The molecule has 0 spiro atoms. The van der Waals surface area contributed by atoms with Gasteiger partial charge in [-0.1, -0.05) is 35.3 Å². The van der Waals surface area contributed by atoms with Crippen LogP contribution < -0.4 is 10.6 Å². The van der Waals surface area contributed by atoms with Crippen LogP contribution in [0.1, 0.15) is 16.8 Å². The fraction of sp³-hybridized carbons (Fsp3) is 0.211. The summed E-state index contributed by atoms with van der Waals surface area (Å²) in [5.41, 5.74) is 4.32. The van der Waals surface area contributed by atoms with E-state index in [2.05, 4.69) is 15.6 Å². The van der Waals surface area contributed by atoms with E-state index in [0.717, 1.165) is 22.2 Å². The summed E-state index contributed by atoms with van der Waals surface area (Å²) in [6.07, 6.45) is 0.636. The van der Waals surface area contributed by atoms with Gasteiger partial charge < -0.3 is 10.3 Å². The van der Waals surface area contributed by atoms with Gasteiger partial charge in [0.05, 0.1) is 6.04 Å². The van der Waals surface area contributed by atoms with Crippen LogP contribution in [-0.4, -0.2) is 16.9 Å². The molecule has 1 aromatic heterocycles. The molecule has 128 valence electrons. The summed E-state index contributed by atoms with van der Waals surface area (Å²) in [4.78, 5) is 15.9. The quantitative estimate of drug-likeness (QED) is 0.653. The Hall–Kier alpha value is -2.01. The minimum Gasteiger partial charge on any atom is -0.357 e. The average Bonchev–Trinajstić information content (AvgIpc) is 2.97. The molecule has 1 aliphatic rings. The number of H-pyrrole nitrogens is 1. The standard InChI is InChI=1S/C19H17Cl2N3O/c20-12-3-1-2-11(6-12)9-23-19(25)17-8-15-14-7-13(21)4-5-16(14)24-18(15)10-22-17/h1-7,17,22,24H,8-10H2,(H,23,25). The molecule has 3 aromatic rings. The van der Waals surface area contributed by atoms with Gasteiger partial charge in [0.1, 0.15) is 0 Å². The van der Waals surface area contributed by atoms with E-state index in [9.17, 15) is 4.79 Å². The fourth-order valence-corrected chi connectivity index (χ4v) is 3.69. The maximum absolute atomic E-state index is 12.5. The summed E-state index contributed by atoms with van der Waals surface area (Å²) < 4.78 is 0. The van der Waals surface area contributed by atoms with E-state index in [0.29, 0.717) is 29.6 Å². The Kier molecular flexibility index (Phi) is 4.42. The number of hydrogen-bond acceptors (Lipinski definition) is 2. The van der Waals surface area contributed by atoms with Gasteiger partial charge in [0, 0.05) is 39.7 Å². The zero-order chi connectivity index (χ0) is 17.4. The van der Waals surface area contributed by atoms with Crippen molar-refractivity contribution in [1.29, 1.82) is 0 Å². The van der Waals surface area contributed by atoms with Crippen LogP contribution in [0.2, 0.25) is 10.0 Å². The Balaban J connectivity index is 1.49. The third kappa shape index (κ3) is 3.38. The summed E-state index contributed by atoms with van der Waals surface area (Å²) in [6, 6.07) is 13.0. The predicted octanol–water partition coefficient (Wildman–Crippen LogP) is 3.81. The number of amides is 1. The molecule has 2 aromatic carbocycles. The zero-order valence-electron chi connectivity index (χ0n) is 13.4. The Morgan fingerprint density at radius 2 is 2.00 bits per heavy atom. The van der Waals surface area contributed by atoms with Crippen molar-refractivity contribution < 1.29 is 4.79 Å². The number of aromatic nitrogens is 1. The maximum Gasteiger partial charge on any atom is 0.237 e. The number of carbonyl (C=O) groups is 1. The molecular formula is C19H17Cl2N3O. The zero-order valence-corrected chi connectivity index (χ0v) is 14.9. The fourth-order valence-electron chi connectivity index (χ4n) is 3.31. The summed E-state index contributed by atoms with van der Waals surface area (Å²) >= 11 is 12.1. The van der Waals surface area contributed by atoms with Crippen LogP contribution in [0, 0.1) is 0 Å². The molecule has 1 atom stereocenters. The Morgan fingerprint density at radius 1 is 1.16 bits per heavy atom. The highest BCUT2D eigenvalue weighted by Gasteiger charge is 2.26. The smallest absolute Gasteiger partial charge is 0.237 e. The maximum atomic E-state index is 12.5. The van der Waals surface area contributed by atoms with Gasteiger partial charge >= 0.3 is 0 Å². The van der Waals surface area contributed by atoms with Gasteiger partial charge in [0.2, 0.25) is 5.91 Å². The third-order valence-electron chi connectivity index (χ3n) is 4.56. The van der Waals surface area contributed by atoms with E-state index in [-0.39, 0.29) is 11.9 Å². The first-order chi connectivity index (χ1) is 12.1. The third-order valence-corrected chi connectivity index (χ3v) is 5.03. The summed E-state index contributed by atoms with van der Waals surface area (Å²) in [6.45, 7) is 1.10. The lowest BCUT2D eigenvalue weighted by molar-refractivity contribution is -0.123. The number of carbonyl (C=O) groups excluding carboxylic acids is 1. The van der Waals surface area contributed by atoms with Gasteiger partial charge in [0.15, 0.2) is 0 Å². The molecule has 0 saturated carbocycles. The summed E-state index contributed by atoms with van der Waals surface area (Å²) in [5, 5.41) is 8.74. The van der Waals surface area contributed by atoms with E-state index >= 15 is 0 Å². The normalized spacial score (nSPS) is 16.6. The number of halogens is 2. The lowest BCUT2D eigenvalue weighted by atomic mass is 9.98. The van der Waals surface area contributed by atoms with Crippen molar-refractivity contribution in [1.82, 2.24) is 15.6 Å². The van der Waals surface area contributed by atoms with Crippen LogP contribution in [-0.2, 0) is 24.3 Å². The molecule has 1 amide bonds. The first kappa shape index (κ1) is 16.5. The molecule has 0 aliphatic carbocycles.